The predicted octanol–water partition coefficient (Wildman–Crippen LogP) is 3.50. The summed E-state index contributed by atoms with van der Waals surface area (Å²) < 4.78 is 6.20. The van der Waals surface area contributed by atoms with Crippen LogP contribution in [-0.4, -0.2) is 29.5 Å². The zero-order valence-corrected chi connectivity index (χ0v) is 17.0. The standard InChI is InChI=1S/C20H15BrN4O5/c21-17-4-2-1-3-16(17)20(27)22-12-19(26)24-23-11-15-9-10-18(30-15)13-5-7-14(8-6-13)25(28)29/h1-11H,12H2,(H,22,27)(H,24,26)/b23-11+. The van der Waals surface area contributed by atoms with Gasteiger partial charge in [0.15, 0.2) is 0 Å². The molecule has 3 aromatic rings. The maximum atomic E-state index is 12.0. The summed E-state index contributed by atoms with van der Waals surface area (Å²) in [5, 5.41) is 17.0. The van der Waals surface area contributed by atoms with E-state index in [1.165, 1.54) is 18.3 Å². The lowest BCUT2D eigenvalue weighted by molar-refractivity contribution is -0.384. The van der Waals surface area contributed by atoms with E-state index >= 15 is 0 Å². The van der Waals surface area contributed by atoms with Gasteiger partial charge in [0.25, 0.3) is 17.5 Å². The fourth-order valence-electron chi connectivity index (χ4n) is 2.43. The van der Waals surface area contributed by atoms with E-state index in [0.717, 1.165) is 0 Å². The summed E-state index contributed by atoms with van der Waals surface area (Å²) in [6, 6.07) is 16.1. The summed E-state index contributed by atoms with van der Waals surface area (Å²) >= 11 is 3.28. The maximum Gasteiger partial charge on any atom is 0.269 e. The van der Waals surface area contributed by atoms with Crippen LogP contribution in [0.25, 0.3) is 11.3 Å². The highest BCUT2D eigenvalue weighted by atomic mass is 79.9. The Kier molecular flexibility index (Phi) is 6.71. The number of nitro benzene ring substituents is 1. The molecule has 0 saturated carbocycles. The molecule has 30 heavy (non-hydrogen) atoms. The average Bonchev–Trinajstić information content (AvgIpc) is 3.21. The number of benzene rings is 2. The number of amides is 2. The van der Waals surface area contributed by atoms with Crippen molar-refractivity contribution in [2.45, 2.75) is 0 Å². The molecule has 0 aliphatic heterocycles. The molecular formula is C20H15BrN4O5. The minimum Gasteiger partial charge on any atom is -0.455 e. The van der Waals surface area contributed by atoms with Crippen molar-refractivity contribution >= 4 is 39.6 Å². The van der Waals surface area contributed by atoms with Crippen LogP contribution in [0.1, 0.15) is 16.1 Å². The molecule has 0 saturated heterocycles. The summed E-state index contributed by atoms with van der Waals surface area (Å²) in [5.74, 6) is -0.0199. The van der Waals surface area contributed by atoms with Crippen molar-refractivity contribution in [2.24, 2.45) is 5.10 Å². The minimum atomic E-state index is -0.506. The van der Waals surface area contributed by atoms with Gasteiger partial charge in [0.05, 0.1) is 23.2 Å². The molecule has 0 fully saturated rings. The van der Waals surface area contributed by atoms with Gasteiger partial charge in [0.2, 0.25) is 0 Å². The number of nitro groups is 1. The Balaban J connectivity index is 1.51. The number of rotatable bonds is 7. The zero-order chi connectivity index (χ0) is 21.5. The topological polar surface area (TPSA) is 127 Å². The molecule has 2 aromatic carbocycles. The third-order valence-corrected chi connectivity index (χ3v) is 4.59. The summed E-state index contributed by atoms with van der Waals surface area (Å²) in [4.78, 5) is 34.1. The Bertz CT molecular complexity index is 1110. The summed E-state index contributed by atoms with van der Waals surface area (Å²) in [6.07, 6.45) is 1.31. The lowest BCUT2D eigenvalue weighted by Crippen LogP contribution is -2.35. The molecule has 9 nitrogen and oxygen atoms in total. The van der Waals surface area contributed by atoms with Gasteiger partial charge < -0.3 is 9.73 Å². The van der Waals surface area contributed by atoms with Crippen LogP contribution in [0.3, 0.4) is 0 Å². The third kappa shape index (κ3) is 5.39. The second-order valence-corrected chi connectivity index (χ2v) is 6.82. The number of carbonyl (C=O) groups is 2. The van der Waals surface area contributed by atoms with Crippen LogP contribution in [0.15, 0.2) is 74.7 Å². The first-order valence-electron chi connectivity index (χ1n) is 8.63. The highest BCUT2D eigenvalue weighted by Gasteiger charge is 2.11. The lowest BCUT2D eigenvalue weighted by Gasteiger charge is -2.05. The lowest BCUT2D eigenvalue weighted by atomic mass is 10.1. The fourth-order valence-corrected chi connectivity index (χ4v) is 2.90. The Morgan fingerprint density at radius 3 is 2.53 bits per heavy atom. The average molecular weight is 471 g/mol. The number of furan rings is 1. The molecule has 152 valence electrons. The van der Waals surface area contributed by atoms with Crippen molar-refractivity contribution < 1.29 is 18.9 Å². The van der Waals surface area contributed by atoms with E-state index in [-0.39, 0.29) is 18.1 Å². The molecule has 1 aromatic heterocycles. The Morgan fingerprint density at radius 1 is 1.10 bits per heavy atom. The van der Waals surface area contributed by atoms with Crippen LogP contribution < -0.4 is 10.7 Å². The van der Waals surface area contributed by atoms with Gasteiger partial charge in [-0.25, -0.2) is 5.43 Å². The number of carbonyl (C=O) groups excluding carboxylic acids is 2. The molecule has 3 rings (SSSR count). The number of hydrogen-bond donors (Lipinski definition) is 2. The van der Waals surface area contributed by atoms with Crippen molar-refractivity contribution in [2.75, 3.05) is 6.54 Å². The molecule has 0 unspecified atom stereocenters. The van der Waals surface area contributed by atoms with Crippen LogP contribution in [0.5, 0.6) is 0 Å². The highest BCUT2D eigenvalue weighted by molar-refractivity contribution is 9.10. The van der Waals surface area contributed by atoms with Crippen LogP contribution in [0, 0.1) is 10.1 Å². The van der Waals surface area contributed by atoms with Gasteiger partial charge in [-0.15, -0.1) is 0 Å². The largest absolute Gasteiger partial charge is 0.455 e. The number of non-ortho nitro benzene ring substituents is 1. The fraction of sp³-hybridized carbons (Fsp3) is 0.0500. The molecule has 0 radical (unpaired) electrons. The van der Waals surface area contributed by atoms with Crippen LogP contribution in [0.2, 0.25) is 0 Å². The Morgan fingerprint density at radius 2 is 1.83 bits per heavy atom. The highest BCUT2D eigenvalue weighted by Crippen LogP contribution is 2.24. The minimum absolute atomic E-state index is 0.0125. The van der Waals surface area contributed by atoms with Gasteiger partial charge in [-0.3, -0.25) is 19.7 Å². The number of hydrogen-bond acceptors (Lipinski definition) is 6. The third-order valence-electron chi connectivity index (χ3n) is 3.90. The molecule has 10 heteroatoms. The molecule has 2 amide bonds. The summed E-state index contributed by atoms with van der Waals surface area (Å²) in [5.41, 5.74) is 3.36. The number of halogens is 1. The van der Waals surface area contributed by atoms with Crippen molar-refractivity contribution in [3.63, 3.8) is 0 Å². The normalized spacial score (nSPS) is 10.7. The molecule has 0 aliphatic rings. The van der Waals surface area contributed by atoms with Gasteiger partial charge in [-0.2, -0.15) is 5.10 Å². The van der Waals surface area contributed by atoms with E-state index < -0.39 is 10.8 Å². The first kappa shape index (κ1) is 20.9. The number of nitrogens with zero attached hydrogens (tertiary/aromatic N) is 2. The van der Waals surface area contributed by atoms with Crippen LogP contribution in [0.4, 0.5) is 5.69 Å². The monoisotopic (exact) mass is 470 g/mol. The molecule has 0 aliphatic carbocycles. The van der Waals surface area contributed by atoms with Crippen LogP contribution in [-0.2, 0) is 4.79 Å². The molecule has 0 bridgehead atoms. The molecular weight excluding hydrogens is 456 g/mol. The smallest absolute Gasteiger partial charge is 0.269 e. The molecule has 1 heterocycles. The molecule has 0 spiro atoms. The first-order valence-corrected chi connectivity index (χ1v) is 9.42. The van der Waals surface area contributed by atoms with Crippen molar-refractivity contribution in [3.05, 3.63) is 86.6 Å². The second-order valence-electron chi connectivity index (χ2n) is 5.96. The van der Waals surface area contributed by atoms with E-state index in [0.29, 0.717) is 27.1 Å². The van der Waals surface area contributed by atoms with Gasteiger partial charge in [-0.1, -0.05) is 12.1 Å². The quantitative estimate of drug-likeness (QED) is 0.310. The van der Waals surface area contributed by atoms with Gasteiger partial charge in [-0.05, 0) is 52.3 Å². The van der Waals surface area contributed by atoms with Crippen molar-refractivity contribution in [1.29, 1.82) is 0 Å². The van der Waals surface area contributed by atoms with E-state index in [4.69, 9.17) is 4.42 Å². The Labute approximate surface area is 179 Å². The summed E-state index contributed by atoms with van der Waals surface area (Å²) in [7, 11) is 0. The Hall–Kier alpha value is -3.79. The zero-order valence-electron chi connectivity index (χ0n) is 15.4. The van der Waals surface area contributed by atoms with Crippen molar-refractivity contribution in [3.8, 4) is 11.3 Å². The SMILES string of the molecule is O=C(CNC(=O)c1ccccc1Br)N/N=C/c1ccc(-c2ccc([N+](=O)[O-])cc2)o1. The first-order chi connectivity index (χ1) is 14.4. The van der Waals surface area contributed by atoms with Gasteiger partial charge in [0.1, 0.15) is 11.5 Å². The molecule has 0 atom stereocenters. The van der Waals surface area contributed by atoms with Gasteiger partial charge in [0, 0.05) is 22.2 Å². The van der Waals surface area contributed by atoms with Crippen LogP contribution >= 0.6 is 15.9 Å². The van der Waals surface area contributed by atoms with Gasteiger partial charge >= 0.3 is 0 Å². The van der Waals surface area contributed by atoms with E-state index in [1.807, 2.05) is 0 Å². The van der Waals surface area contributed by atoms with E-state index in [1.54, 1.807) is 48.5 Å². The maximum absolute atomic E-state index is 12.0. The predicted molar refractivity (Wildman–Crippen MR) is 113 cm³/mol. The molecule has 2 N–H and O–H groups in total. The van der Waals surface area contributed by atoms with E-state index in [2.05, 4.69) is 31.8 Å². The van der Waals surface area contributed by atoms with E-state index in [9.17, 15) is 19.7 Å². The number of nitrogens with one attached hydrogen (secondary N) is 2. The second kappa shape index (κ2) is 9.61. The van der Waals surface area contributed by atoms with Crippen molar-refractivity contribution in [1.82, 2.24) is 10.7 Å². The summed E-state index contributed by atoms with van der Waals surface area (Å²) in [6.45, 7) is -0.246. The number of hydrazone groups is 1.